The number of para-hydroxylation sites is 3. The highest BCUT2D eigenvalue weighted by Gasteiger charge is 2.16. The molecule has 0 radical (unpaired) electrons. The highest BCUT2D eigenvalue weighted by molar-refractivity contribution is 7.71. The summed E-state index contributed by atoms with van der Waals surface area (Å²) in [5, 5.41) is 11.9. The minimum Gasteiger partial charge on any atom is -0.494 e. The Morgan fingerprint density at radius 1 is 1.08 bits per heavy atom. The number of rotatable bonds is 2. The molecule has 2 N–H and O–H groups in total. The van der Waals surface area contributed by atoms with Crippen LogP contribution in [0, 0.1) is 10.6 Å². The zero-order chi connectivity index (χ0) is 18.3. The molecule has 2 aromatic carbocycles. The zero-order valence-electron chi connectivity index (χ0n) is 13.2. The SMILES string of the molecule is O=c1[nH]c(=S)n(-c2ccccc2F)c(O)c1C=C1N=c2ccccc2=N1. The van der Waals surface area contributed by atoms with E-state index in [-0.39, 0.29) is 21.8 Å². The monoisotopic (exact) mass is 366 g/mol. The molecule has 26 heavy (non-hydrogen) atoms. The molecule has 128 valence electrons. The fraction of sp³-hybridized carbons (Fsp3) is 0. The quantitative estimate of drug-likeness (QED) is 0.681. The number of aromatic nitrogens is 2. The fourth-order valence-electron chi connectivity index (χ4n) is 2.64. The van der Waals surface area contributed by atoms with Crippen LogP contribution in [0.2, 0.25) is 0 Å². The Hall–Kier alpha value is -3.39. The third kappa shape index (κ3) is 2.66. The van der Waals surface area contributed by atoms with Gasteiger partial charge in [-0.25, -0.2) is 14.4 Å². The maximum Gasteiger partial charge on any atom is 0.262 e. The molecular weight excluding hydrogens is 355 g/mol. The molecule has 2 heterocycles. The van der Waals surface area contributed by atoms with Crippen LogP contribution in [0.3, 0.4) is 0 Å². The standard InChI is InChI=1S/C18H11FN4O2S/c19-11-5-1-4-8-14(11)23-17(25)10(16(24)22-18(23)26)9-15-20-12-6-2-3-7-13(12)21-15/h1-9,25H,(H,22,24,26). The summed E-state index contributed by atoms with van der Waals surface area (Å²) < 4.78 is 15.1. The molecular formula is C18H11FN4O2S. The van der Waals surface area contributed by atoms with Crippen molar-refractivity contribution in [3.8, 4) is 11.6 Å². The number of halogens is 1. The Labute approximate surface area is 151 Å². The van der Waals surface area contributed by atoms with Crippen LogP contribution in [-0.2, 0) is 0 Å². The van der Waals surface area contributed by atoms with E-state index in [1.807, 2.05) is 12.1 Å². The normalized spacial score (nSPS) is 12.3. The predicted molar refractivity (Wildman–Crippen MR) is 95.6 cm³/mol. The van der Waals surface area contributed by atoms with Crippen molar-refractivity contribution < 1.29 is 9.50 Å². The summed E-state index contributed by atoms with van der Waals surface area (Å²) in [5.74, 6) is -0.825. The van der Waals surface area contributed by atoms with Gasteiger partial charge in [0.05, 0.1) is 16.4 Å². The number of aromatic hydroxyl groups is 1. The summed E-state index contributed by atoms with van der Waals surface area (Å²) in [6.07, 6.45) is 1.33. The van der Waals surface area contributed by atoms with Crippen LogP contribution < -0.4 is 16.3 Å². The van der Waals surface area contributed by atoms with Crippen molar-refractivity contribution in [2.75, 3.05) is 0 Å². The van der Waals surface area contributed by atoms with Gasteiger partial charge in [-0.2, -0.15) is 0 Å². The Bertz CT molecular complexity index is 1270. The van der Waals surface area contributed by atoms with Crippen molar-refractivity contribution in [3.63, 3.8) is 0 Å². The third-order valence-corrected chi connectivity index (χ3v) is 4.12. The van der Waals surface area contributed by atoms with Crippen LogP contribution in [0.4, 0.5) is 4.39 Å². The van der Waals surface area contributed by atoms with Gasteiger partial charge in [-0.15, -0.1) is 0 Å². The fourth-order valence-corrected chi connectivity index (χ4v) is 2.92. The molecule has 0 bridgehead atoms. The van der Waals surface area contributed by atoms with Gasteiger partial charge >= 0.3 is 0 Å². The maximum atomic E-state index is 14.1. The van der Waals surface area contributed by atoms with Gasteiger partial charge in [0, 0.05) is 6.08 Å². The Morgan fingerprint density at radius 2 is 1.69 bits per heavy atom. The van der Waals surface area contributed by atoms with Crippen molar-refractivity contribution in [3.05, 3.63) is 91.6 Å². The third-order valence-electron chi connectivity index (χ3n) is 3.84. The lowest BCUT2D eigenvalue weighted by atomic mass is 10.2. The molecule has 1 aromatic heterocycles. The second-order valence-corrected chi connectivity index (χ2v) is 5.88. The van der Waals surface area contributed by atoms with Crippen LogP contribution in [0.5, 0.6) is 5.88 Å². The summed E-state index contributed by atoms with van der Waals surface area (Å²) in [5.41, 5.74) is -0.708. The van der Waals surface area contributed by atoms with Crippen LogP contribution >= 0.6 is 12.2 Å². The molecule has 0 atom stereocenters. The Morgan fingerprint density at radius 3 is 2.35 bits per heavy atom. The number of benzene rings is 2. The van der Waals surface area contributed by atoms with Crippen LogP contribution in [-0.4, -0.2) is 14.7 Å². The molecule has 1 aliphatic heterocycles. The molecule has 6 nitrogen and oxygen atoms in total. The van der Waals surface area contributed by atoms with E-state index >= 15 is 0 Å². The molecule has 0 aliphatic carbocycles. The summed E-state index contributed by atoms with van der Waals surface area (Å²) in [7, 11) is 0. The van der Waals surface area contributed by atoms with Gasteiger partial charge in [0.15, 0.2) is 10.6 Å². The van der Waals surface area contributed by atoms with E-state index in [1.165, 1.54) is 24.3 Å². The van der Waals surface area contributed by atoms with Crippen LogP contribution in [0.15, 0.2) is 69.1 Å². The zero-order valence-corrected chi connectivity index (χ0v) is 14.0. The van der Waals surface area contributed by atoms with Crippen molar-refractivity contribution >= 4 is 18.3 Å². The van der Waals surface area contributed by atoms with E-state index in [0.717, 1.165) is 4.57 Å². The molecule has 0 amide bonds. The summed E-state index contributed by atoms with van der Waals surface area (Å²) >= 11 is 5.08. The molecule has 0 saturated carbocycles. The molecule has 0 spiro atoms. The first-order chi connectivity index (χ1) is 12.5. The molecule has 0 saturated heterocycles. The van der Waals surface area contributed by atoms with E-state index in [0.29, 0.717) is 10.7 Å². The van der Waals surface area contributed by atoms with Crippen molar-refractivity contribution in [2.45, 2.75) is 0 Å². The average Bonchev–Trinajstić information content (AvgIpc) is 3.02. The first-order valence-electron chi connectivity index (χ1n) is 7.62. The average molecular weight is 366 g/mol. The number of fused-ring (bicyclic) bond motifs is 1. The largest absolute Gasteiger partial charge is 0.494 e. The number of H-pyrrole nitrogens is 1. The smallest absolute Gasteiger partial charge is 0.262 e. The number of nitrogens with one attached hydrogen (secondary N) is 1. The molecule has 3 aromatic rings. The van der Waals surface area contributed by atoms with Crippen molar-refractivity contribution in [1.29, 1.82) is 0 Å². The number of nitrogens with zero attached hydrogens (tertiary/aromatic N) is 3. The molecule has 8 heteroatoms. The number of hydrogen-bond acceptors (Lipinski definition) is 5. The first kappa shape index (κ1) is 16.1. The van der Waals surface area contributed by atoms with Gasteiger partial charge in [0.2, 0.25) is 5.88 Å². The van der Waals surface area contributed by atoms with Crippen LogP contribution in [0.25, 0.3) is 11.8 Å². The van der Waals surface area contributed by atoms with Gasteiger partial charge < -0.3 is 5.11 Å². The predicted octanol–water partition coefficient (Wildman–Crippen LogP) is 1.99. The minimum atomic E-state index is -0.617. The highest BCUT2D eigenvalue weighted by Crippen LogP contribution is 2.23. The number of hydrogen-bond donors (Lipinski definition) is 2. The summed E-state index contributed by atoms with van der Waals surface area (Å²) in [6.45, 7) is 0. The van der Waals surface area contributed by atoms with E-state index in [2.05, 4.69) is 15.0 Å². The van der Waals surface area contributed by atoms with E-state index in [9.17, 15) is 14.3 Å². The van der Waals surface area contributed by atoms with Crippen molar-refractivity contribution in [1.82, 2.24) is 9.55 Å². The summed E-state index contributed by atoms with van der Waals surface area (Å²) in [6, 6.07) is 13.0. The Kier molecular flexibility index (Phi) is 3.81. The molecule has 4 rings (SSSR count). The second kappa shape index (κ2) is 6.16. The van der Waals surface area contributed by atoms with Crippen LogP contribution in [0.1, 0.15) is 5.56 Å². The summed E-state index contributed by atoms with van der Waals surface area (Å²) in [4.78, 5) is 23.3. The second-order valence-electron chi connectivity index (χ2n) is 5.50. The molecule has 1 aliphatic rings. The Balaban J connectivity index is 1.95. The number of aromatic amines is 1. The lowest BCUT2D eigenvalue weighted by Gasteiger charge is -2.12. The van der Waals surface area contributed by atoms with E-state index < -0.39 is 17.3 Å². The van der Waals surface area contributed by atoms with Crippen molar-refractivity contribution in [2.24, 2.45) is 9.98 Å². The van der Waals surface area contributed by atoms with Gasteiger partial charge in [0.25, 0.3) is 5.56 Å². The van der Waals surface area contributed by atoms with Gasteiger partial charge in [-0.1, -0.05) is 24.3 Å². The topological polar surface area (TPSA) is 82.7 Å². The lowest BCUT2D eigenvalue weighted by Crippen LogP contribution is -2.19. The maximum absolute atomic E-state index is 14.1. The van der Waals surface area contributed by atoms with Gasteiger partial charge in [0.1, 0.15) is 11.4 Å². The lowest BCUT2D eigenvalue weighted by molar-refractivity contribution is 0.429. The molecule has 0 unspecified atom stereocenters. The minimum absolute atomic E-state index is 0.0227. The molecule has 0 fully saturated rings. The highest BCUT2D eigenvalue weighted by atomic mass is 32.1. The van der Waals surface area contributed by atoms with Gasteiger partial charge in [-0.05, 0) is 36.5 Å². The van der Waals surface area contributed by atoms with E-state index in [1.54, 1.807) is 18.2 Å². The first-order valence-corrected chi connectivity index (χ1v) is 8.03. The van der Waals surface area contributed by atoms with E-state index in [4.69, 9.17) is 12.2 Å². The van der Waals surface area contributed by atoms with Gasteiger partial charge in [-0.3, -0.25) is 14.3 Å².